The molecule has 0 unspecified atom stereocenters. The predicted octanol–water partition coefficient (Wildman–Crippen LogP) is 5.14. The fourth-order valence-corrected chi connectivity index (χ4v) is 4.71. The summed E-state index contributed by atoms with van der Waals surface area (Å²) in [5.74, 6) is -0.180. The van der Waals surface area contributed by atoms with Crippen molar-refractivity contribution in [2.45, 2.75) is 20.4 Å². The first-order chi connectivity index (χ1) is 13.9. The number of thiazole rings is 1. The van der Waals surface area contributed by atoms with Crippen LogP contribution in [0.1, 0.15) is 24.3 Å². The van der Waals surface area contributed by atoms with Crippen molar-refractivity contribution in [3.63, 3.8) is 0 Å². The summed E-state index contributed by atoms with van der Waals surface area (Å²) in [6, 6.07) is 10.7. The van der Waals surface area contributed by atoms with Gasteiger partial charge >= 0.3 is 0 Å². The number of benzene rings is 1. The van der Waals surface area contributed by atoms with Crippen molar-refractivity contribution in [2.24, 2.45) is 5.92 Å². The molecule has 9 heteroatoms. The molecule has 4 rings (SSSR count). The summed E-state index contributed by atoms with van der Waals surface area (Å²) < 4.78 is 2.05. The summed E-state index contributed by atoms with van der Waals surface area (Å²) in [4.78, 5) is 31.1. The van der Waals surface area contributed by atoms with Crippen LogP contribution < -0.4 is 10.9 Å². The van der Waals surface area contributed by atoms with Crippen molar-refractivity contribution in [1.29, 1.82) is 0 Å². The molecule has 0 saturated heterocycles. The molecule has 0 aliphatic rings. The summed E-state index contributed by atoms with van der Waals surface area (Å²) in [6.45, 7) is 4.43. The van der Waals surface area contributed by atoms with Crippen LogP contribution in [0.4, 0.5) is 5.13 Å². The summed E-state index contributed by atoms with van der Waals surface area (Å²) in [5, 5.41) is 10.5. The highest BCUT2D eigenvalue weighted by molar-refractivity contribution is 7.20. The highest BCUT2D eigenvalue weighted by atomic mass is 35.5. The van der Waals surface area contributed by atoms with Gasteiger partial charge in [-0.2, -0.15) is 5.10 Å². The number of nitrogens with one attached hydrogen (secondary N) is 1. The first-order valence-electron chi connectivity index (χ1n) is 8.95. The van der Waals surface area contributed by atoms with Crippen molar-refractivity contribution < 1.29 is 4.79 Å². The molecule has 0 atom stereocenters. The Kier molecular flexibility index (Phi) is 5.49. The first-order valence-corrected chi connectivity index (χ1v) is 11.0. The van der Waals surface area contributed by atoms with E-state index in [-0.39, 0.29) is 17.2 Å². The van der Waals surface area contributed by atoms with Crippen LogP contribution in [0.15, 0.2) is 46.6 Å². The Morgan fingerprint density at radius 3 is 2.66 bits per heavy atom. The summed E-state index contributed by atoms with van der Waals surface area (Å²) in [6.07, 6.45) is 0. The smallest absolute Gasteiger partial charge is 0.278 e. The molecule has 1 amide bonds. The number of fused-ring (bicyclic) bond motifs is 1. The summed E-state index contributed by atoms with van der Waals surface area (Å²) in [5.41, 5.74) is 0.763. The molecule has 0 aliphatic heterocycles. The second-order valence-corrected chi connectivity index (χ2v) is 9.44. The maximum atomic E-state index is 13.0. The standard InChI is InChI=1S/C20H17ClN4O2S2/c1-11(2)9-25-19(27)13-6-4-3-5-12(13)17(24-25)18(26)23-20-22-14(10-28-20)15-7-8-16(21)29-15/h3-8,10-11H,9H2,1-2H3,(H,22,23,26). The van der Waals surface area contributed by atoms with Crippen LogP contribution in [-0.2, 0) is 6.54 Å². The molecule has 1 N–H and O–H groups in total. The molecule has 1 aromatic carbocycles. The second kappa shape index (κ2) is 8.06. The zero-order valence-electron chi connectivity index (χ0n) is 15.7. The van der Waals surface area contributed by atoms with E-state index < -0.39 is 5.91 Å². The second-order valence-electron chi connectivity index (χ2n) is 6.87. The van der Waals surface area contributed by atoms with Gasteiger partial charge in [-0.25, -0.2) is 9.67 Å². The molecule has 4 aromatic rings. The van der Waals surface area contributed by atoms with E-state index in [1.165, 1.54) is 27.4 Å². The Morgan fingerprint density at radius 1 is 1.21 bits per heavy atom. The van der Waals surface area contributed by atoms with E-state index in [1.54, 1.807) is 24.3 Å². The maximum Gasteiger partial charge on any atom is 0.278 e. The molecule has 0 spiro atoms. The zero-order chi connectivity index (χ0) is 20.5. The van der Waals surface area contributed by atoms with Crippen LogP contribution in [0.2, 0.25) is 4.34 Å². The molecular weight excluding hydrogens is 428 g/mol. The van der Waals surface area contributed by atoms with Gasteiger partial charge in [0.1, 0.15) is 0 Å². The molecule has 3 aromatic heterocycles. The number of carbonyl (C=O) groups excluding carboxylic acids is 1. The van der Waals surface area contributed by atoms with Crippen LogP contribution in [0.5, 0.6) is 0 Å². The van der Waals surface area contributed by atoms with Gasteiger partial charge in [0, 0.05) is 17.3 Å². The lowest BCUT2D eigenvalue weighted by atomic mass is 10.1. The van der Waals surface area contributed by atoms with Gasteiger partial charge < -0.3 is 0 Å². The van der Waals surface area contributed by atoms with E-state index in [9.17, 15) is 9.59 Å². The van der Waals surface area contributed by atoms with Crippen LogP contribution >= 0.6 is 34.3 Å². The van der Waals surface area contributed by atoms with Crippen LogP contribution in [0, 0.1) is 5.92 Å². The molecule has 148 valence electrons. The average Bonchev–Trinajstić information content (AvgIpc) is 3.32. The van der Waals surface area contributed by atoms with Crippen molar-refractivity contribution in [3.8, 4) is 10.6 Å². The SMILES string of the molecule is CC(C)Cn1nc(C(=O)Nc2nc(-c3ccc(Cl)s3)cs2)c2ccccc2c1=O. The number of hydrogen-bond acceptors (Lipinski definition) is 6. The van der Waals surface area contributed by atoms with E-state index in [1.807, 2.05) is 31.4 Å². The number of hydrogen-bond donors (Lipinski definition) is 1. The van der Waals surface area contributed by atoms with Gasteiger partial charge in [0.2, 0.25) is 0 Å². The van der Waals surface area contributed by atoms with E-state index >= 15 is 0 Å². The minimum absolute atomic E-state index is 0.197. The molecule has 0 fully saturated rings. The summed E-state index contributed by atoms with van der Waals surface area (Å²) in [7, 11) is 0. The normalized spacial score (nSPS) is 11.3. The van der Waals surface area contributed by atoms with E-state index in [2.05, 4.69) is 15.4 Å². The lowest BCUT2D eigenvalue weighted by Gasteiger charge is -2.12. The fourth-order valence-electron chi connectivity index (χ4n) is 2.93. The maximum absolute atomic E-state index is 13.0. The highest BCUT2D eigenvalue weighted by Gasteiger charge is 2.18. The van der Waals surface area contributed by atoms with Crippen molar-refractivity contribution in [1.82, 2.24) is 14.8 Å². The third-order valence-electron chi connectivity index (χ3n) is 4.17. The first kappa shape index (κ1) is 19.8. The topological polar surface area (TPSA) is 76.9 Å². The quantitative estimate of drug-likeness (QED) is 0.462. The fraction of sp³-hybridized carbons (Fsp3) is 0.200. The Morgan fingerprint density at radius 2 is 1.97 bits per heavy atom. The number of nitrogens with zero attached hydrogens (tertiary/aromatic N) is 3. The minimum Gasteiger partial charge on any atom is -0.296 e. The Hall–Kier alpha value is -2.55. The molecule has 0 bridgehead atoms. The van der Waals surface area contributed by atoms with E-state index in [4.69, 9.17) is 11.6 Å². The van der Waals surface area contributed by atoms with Gasteiger partial charge in [-0.1, -0.05) is 43.6 Å². The lowest BCUT2D eigenvalue weighted by Crippen LogP contribution is -2.29. The van der Waals surface area contributed by atoms with E-state index in [0.717, 1.165) is 10.6 Å². The predicted molar refractivity (Wildman–Crippen MR) is 119 cm³/mol. The minimum atomic E-state index is -0.399. The molecule has 0 radical (unpaired) electrons. The molecule has 0 saturated carbocycles. The number of carbonyl (C=O) groups is 1. The third kappa shape index (κ3) is 4.10. The number of anilines is 1. The lowest BCUT2D eigenvalue weighted by molar-refractivity contribution is 0.102. The van der Waals surface area contributed by atoms with Gasteiger partial charge in [0.15, 0.2) is 10.8 Å². The number of rotatable bonds is 5. The number of thiophene rings is 1. The Bertz CT molecular complexity index is 1260. The third-order valence-corrected chi connectivity index (χ3v) is 6.18. The monoisotopic (exact) mass is 444 g/mol. The average molecular weight is 445 g/mol. The molecule has 6 nitrogen and oxygen atoms in total. The van der Waals surface area contributed by atoms with Gasteiger partial charge in [0.05, 0.1) is 20.3 Å². The Balaban J connectivity index is 1.69. The summed E-state index contributed by atoms with van der Waals surface area (Å²) >= 11 is 8.74. The van der Waals surface area contributed by atoms with Gasteiger partial charge in [-0.05, 0) is 24.1 Å². The number of halogens is 1. The highest BCUT2D eigenvalue weighted by Crippen LogP contribution is 2.33. The van der Waals surface area contributed by atoms with Crippen molar-refractivity contribution in [2.75, 3.05) is 5.32 Å². The zero-order valence-corrected chi connectivity index (χ0v) is 18.1. The van der Waals surface area contributed by atoms with Gasteiger partial charge in [-0.15, -0.1) is 22.7 Å². The van der Waals surface area contributed by atoms with Crippen LogP contribution in [-0.4, -0.2) is 20.7 Å². The Labute approximate surface area is 179 Å². The largest absolute Gasteiger partial charge is 0.296 e. The number of aromatic nitrogens is 3. The van der Waals surface area contributed by atoms with E-state index in [0.29, 0.717) is 26.8 Å². The van der Waals surface area contributed by atoms with Crippen LogP contribution in [0.25, 0.3) is 21.3 Å². The number of amides is 1. The molecule has 0 aliphatic carbocycles. The van der Waals surface area contributed by atoms with Gasteiger partial charge in [0.25, 0.3) is 11.5 Å². The molecule has 3 heterocycles. The van der Waals surface area contributed by atoms with Crippen molar-refractivity contribution in [3.05, 3.63) is 62.2 Å². The van der Waals surface area contributed by atoms with Crippen molar-refractivity contribution >= 4 is 56.1 Å². The van der Waals surface area contributed by atoms with Crippen LogP contribution in [0.3, 0.4) is 0 Å². The molecular formula is C20H17ClN4O2S2. The molecule has 29 heavy (non-hydrogen) atoms. The van der Waals surface area contributed by atoms with Gasteiger partial charge in [-0.3, -0.25) is 14.9 Å².